The van der Waals surface area contributed by atoms with Crippen LogP contribution in [0.25, 0.3) is 22.4 Å². The van der Waals surface area contributed by atoms with E-state index in [9.17, 15) is 14.7 Å². The lowest BCUT2D eigenvalue weighted by molar-refractivity contribution is -0.144. The van der Waals surface area contributed by atoms with Crippen molar-refractivity contribution in [3.63, 3.8) is 0 Å². The summed E-state index contributed by atoms with van der Waals surface area (Å²) in [6, 6.07) is 7.82. The average Bonchev–Trinajstić information content (AvgIpc) is 3.21. The zero-order valence-corrected chi connectivity index (χ0v) is 22.2. The third-order valence-corrected chi connectivity index (χ3v) is 6.93. The summed E-state index contributed by atoms with van der Waals surface area (Å²) < 4.78 is 14.7. The summed E-state index contributed by atoms with van der Waals surface area (Å²) >= 11 is 0. The second-order valence-corrected chi connectivity index (χ2v) is 9.81. The lowest BCUT2D eigenvalue weighted by atomic mass is 9.96. The fourth-order valence-corrected chi connectivity index (χ4v) is 4.63. The Balaban J connectivity index is 1.73. The minimum absolute atomic E-state index is 0.0324. The fraction of sp³-hybridized carbons (Fsp3) is 0.500. The molecule has 3 aromatic rings. The smallest absolute Gasteiger partial charge is 0.355 e. The highest BCUT2D eigenvalue weighted by Gasteiger charge is 2.26. The lowest BCUT2D eigenvalue weighted by Gasteiger charge is -2.25. The topological polar surface area (TPSA) is 108 Å². The Bertz CT molecular complexity index is 1340. The number of rotatable bonds is 10. The zero-order chi connectivity index (χ0) is 26.7. The molecule has 2 heterocycles. The third-order valence-electron chi connectivity index (χ3n) is 6.93. The first-order chi connectivity index (χ1) is 17.7. The number of ether oxygens (including phenoxy) is 2. The van der Waals surface area contributed by atoms with Crippen LogP contribution in [0.2, 0.25) is 0 Å². The van der Waals surface area contributed by atoms with Crippen molar-refractivity contribution >= 4 is 22.7 Å². The van der Waals surface area contributed by atoms with E-state index in [0.29, 0.717) is 12.2 Å². The number of aliphatic imine (C=N–C) groups is 1. The minimum atomic E-state index is -1.02. The Hall–Kier alpha value is -3.30. The molecule has 1 aliphatic rings. The van der Waals surface area contributed by atoms with Gasteiger partial charge in [-0.25, -0.2) is 9.78 Å². The molecule has 1 N–H and O–H groups in total. The average molecular weight is 509 g/mol. The van der Waals surface area contributed by atoms with Gasteiger partial charge in [-0.1, -0.05) is 13.0 Å². The molecule has 2 aromatic heterocycles. The van der Waals surface area contributed by atoms with Gasteiger partial charge in [0.05, 0.1) is 30.2 Å². The maximum atomic E-state index is 12.5. The van der Waals surface area contributed by atoms with Crippen molar-refractivity contribution < 1.29 is 19.4 Å². The molecule has 2 atom stereocenters. The summed E-state index contributed by atoms with van der Waals surface area (Å²) in [5.74, 6) is 0.203. The Morgan fingerprint density at radius 1 is 1.30 bits per heavy atom. The Labute approximate surface area is 216 Å². The van der Waals surface area contributed by atoms with E-state index in [1.165, 1.54) is 6.92 Å². The van der Waals surface area contributed by atoms with Gasteiger partial charge in [0.15, 0.2) is 0 Å². The van der Waals surface area contributed by atoms with Crippen LogP contribution in [0.1, 0.15) is 56.7 Å². The number of hydrogen-bond donors (Lipinski definition) is 1. The van der Waals surface area contributed by atoms with E-state index in [1.54, 1.807) is 31.8 Å². The fourth-order valence-electron chi connectivity index (χ4n) is 4.63. The summed E-state index contributed by atoms with van der Waals surface area (Å²) in [6.07, 6.45) is 4.32. The number of aromatic nitrogens is 3. The molecule has 37 heavy (non-hydrogen) atoms. The Morgan fingerprint density at radius 3 is 2.65 bits per heavy atom. The third kappa shape index (κ3) is 5.67. The number of hydrogen-bond acceptors (Lipinski definition) is 7. The molecule has 0 saturated heterocycles. The van der Waals surface area contributed by atoms with Crippen molar-refractivity contribution in [1.82, 2.24) is 14.1 Å². The number of methoxy groups -OCH3 is 1. The number of benzene rings is 1. The van der Waals surface area contributed by atoms with E-state index in [1.807, 2.05) is 24.3 Å². The predicted octanol–water partition coefficient (Wildman–Crippen LogP) is 3.73. The highest BCUT2D eigenvalue weighted by atomic mass is 16.5. The van der Waals surface area contributed by atoms with E-state index in [-0.39, 0.29) is 30.0 Å². The number of aliphatic hydroxyl groups is 1. The first-order valence-electron chi connectivity index (χ1n) is 12.8. The van der Waals surface area contributed by atoms with Gasteiger partial charge in [-0.15, -0.1) is 0 Å². The van der Waals surface area contributed by atoms with Gasteiger partial charge in [0.1, 0.15) is 23.7 Å². The molecule has 1 aromatic carbocycles. The summed E-state index contributed by atoms with van der Waals surface area (Å²) in [5, 5.41) is 10.1. The summed E-state index contributed by atoms with van der Waals surface area (Å²) in [7, 11) is 3.42. The molecule has 1 aliphatic carbocycles. The molecule has 0 bridgehead atoms. The van der Waals surface area contributed by atoms with Crippen LogP contribution >= 0.6 is 0 Å². The van der Waals surface area contributed by atoms with Gasteiger partial charge in [0.2, 0.25) is 0 Å². The molecule has 0 radical (unpaired) electrons. The van der Waals surface area contributed by atoms with Crippen molar-refractivity contribution in [3.8, 4) is 11.4 Å². The molecule has 9 nitrogen and oxygen atoms in total. The number of pyridine rings is 1. The number of fused-ring (bicyclic) bond motifs is 1. The molecule has 198 valence electrons. The number of imidazole rings is 1. The first kappa shape index (κ1) is 26.8. The molecule has 0 amide bonds. The molecule has 9 heteroatoms. The van der Waals surface area contributed by atoms with E-state index in [2.05, 4.69) is 16.5 Å². The quantitative estimate of drug-likeness (QED) is 0.330. The highest BCUT2D eigenvalue weighted by molar-refractivity contribution is 6.38. The van der Waals surface area contributed by atoms with Crippen LogP contribution in [-0.4, -0.2) is 56.8 Å². The molecule has 1 unspecified atom stereocenters. The van der Waals surface area contributed by atoms with Gasteiger partial charge < -0.3 is 23.7 Å². The number of aliphatic hydroxyl groups excluding tert-OH is 1. The second-order valence-electron chi connectivity index (χ2n) is 9.81. The van der Waals surface area contributed by atoms with Crippen LogP contribution in [0.4, 0.5) is 0 Å². The SMILES string of the molecule is CCC(COC)n1c(-c2cc(C)c(=O)n(C)c2)nc2cc(CN=C(C(=O)OC3CCC3)[C@@H](C)O)ccc21. The monoisotopic (exact) mass is 508 g/mol. The molecule has 1 saturated carbocycles. The van der Waals surface area contributed by atoms with Gasteiger partial charge in [0, 0.05) is 31.5 Å². The van der Waals surface area contributed by atoms with E-state index in [4.69, 9.17) is 14.5 Å². The number of carbonyl (C=O) groups excluding carboxylic acids is 1. The Kier molecular flexibility index (Phi) is 8.24. The van der Waals surface area contributed by atoms with Crippen molar-refractivity contribution in [2.24, 2.45) is 12.0 Å². The number of nitrogens with zero attached hydrogens (tertiary/aromatic N) is 4. The highest BCUT2D eigenvalue weighted by Crippen LogP contribution is 2.31. The van der Waals surface area contributed by atoms with Crippen LogP contribution in [0.3, 0.4) is 0 Å². The maximum Gasteiger partial charge on any atom is 0.355 e. The summed E-state index contributed by atoms with van der Waals surface area (Å²) in [4.78, 5) is 34.2. The van der Waals surface area contributed by atoms with E-state index >= 15 is 0 Å². The maximum absolute atomic E-state index is 12.5. The standard InChI is InChI=1S/C28H36N4O5/c1-6-21(16-36-5)32-24-11-10-19(14-29-25(18(3)33)28(35)37-22-8-7-9-22)13-23(24)30-26(32)20-12-17(2)27(34)31(4)15-20/h10-13,15,18,21-22,33H,6-9,14,16H2,1-5H3/t18-,21?/m1/s1. The zero-order valence-electron chi connectivity index (χ0n) is 22.2. The molecular formula is C28H36N4O5. The molecule has 4 rings (SSSR count). The van der Waals surface area contributed by atoms with E-state index < -0.39 is 12.1 Å². The van der Waals surface area contributed by atoms with Gasteiger partial charge >= 0.3 is 5.97 Å². The molecule has 0 aliphatic heterocycles. The Morgan fingerprint density at radius 2 is 2.05 bits per heavy atom. The van der Waals surface area contributed by atoms with Gasteiger partial charge in [0.25, 0.3) is 5.56 Å². The van der Waals surface area contributed by atoms with Crippen molar-refractivity contribution in [3.05, 3.63) is 51.9 Å². The number of aryl methyl sites for hydroxylation is 2. The normalized spacial score (nSPS) is 16.0. The molecular weight excluding hydrogens is 472 g/mol. The van der Waals surface area contributed by atoms with Gasteiger partial charge in [-0.05, 0) is 63.3 Å². The van der Waals surface area contributed by atoms with Crippen LogP contribution in [-0.2, 0) is 27.9 Å². The van der Waals surface area contributed by atoms with Crippen LogP contribution < -0.4 is 5.56 Å². The second kappa shape index (κ2) is 11.4. The van der Waals surface area contributed by atoms with E-state index in [0.717, 1.165) is 53.7 Å². The van der Waals surface area contributed by atoms with Crippen LogP contribution in [0, 0.1) is 6.92 Å². The van der Waals surface area contributed by atoms with Gasteiger partial charge in [-0.3, -0.25) is 9.79 Å². The minimum Gasteiger partial charge on any atom is -0.458 e. The van der Waals surface area contributed by atoms with Gasteiger partial charge in [-0.2, -0.15) is 0 Å². The summed E-state index contributed by atoms with van der Waals surface area (Å²) in [6.45, 7) is 6.17. The first-order valence-corrected chi connectivity index (χ1v) is 12.8. The van der Waals surface area contributed by atoms with Crippen LogP contribution in [0.15, 0.2) is 40.2 Å². The van der Waals surface area contributed by atoms with Crippen molar-refractivity contribution in [2.75, 3.05) is 13.7 Å². The summed E-state index contributed by atoms with van der Waals surface area (Å²) in [5.41, 5.74) is 4.06. The lowest BCUT2D eigenvalue weighted by Crippen LogP contribution is -2.34. The van der Waals surface area contributed by atoms with Crippen molar-refractivity contribution in [2.45, 2.75) is 71.2 Å². The largest absolute Gasteiger partial charge is 0.458 e. The molecule has 1 fully saturated rings. The molecule has 0 spiro atoms. The number of esters is 1. The predicted molar refractivity (Wildman–Crippen MR) is 143 cm³/mol. The van der Waals surface area contributed by atoms with Crippen molar-refractivity contribution in [1.29, 1.82) is 0 Å². The van der Waals surface area contributed by atoms with Crippen LogP contribution in [0.5, 0.6) is 0 Å². The number of carbonyl (C=O) groups is 1.